The van der Waals surface area contributed by atoms with E-state index in [0.29, 0.717) is 48.4 Å². The van der Waals surface area contributed by atoms with Crippen LogP contribution in [0, 0.1) is 11.6 Å². The molecule has 2 aromatic heterocycles. The van der Waals surface area contributed by atoms with Gasteiger partial charge in [0.1, 0.15) is 22.8 Å². The van der Waals surface area contributed by atoms with Gasteiger partial charge < -0.3 is 19.1 Å². The summed E-state index contributed by atoms with van der Waals surface area (Å²) in [4.78, 5) is 33.8. The Bertz CT molecular complexity index is 1490. The summed E-state index contributed by atoms with van der Waals surface area (Å²) in [6.45, 7) is 4.34. The minimum atomic E-state index is -0.698. The van der Waals surface area contributed by atoms with Gasteiger partial charge in [-0.2, -0.15) is 0 Å². The maximum Gasteiger partial charge on any atom is 0.343 e. The molecule has 0 N–H and O–H groups in total. The number of fused-ring (bicyclic) bond motifs is 2. The van der Waals surface area contributed by atoms with Gasteiger partial charge >= 0.3 is 5.97 Å². The van der Waals surface area contributed by atoms with Crippen LogP contribution in [0.4, 0.5) is 20.2 Å². The molecule has 0 saturated carbocycles. The van der Waals surface area contributed by atoms with Gasteiger partial charge in [-0.25, -0.2) is 18.6 Å². The van der Waals surface area contributed by atoms with Gasteiger partial charge in [-0.05, 0) is 49.4 Å². The molecule has 5 rings (SSSR count). The minimum Gasteiger partial charge on any atom is -0.462 e. The number of rotatable bonds is 4. The summed E-state index contributed by atoms with van der Waals surface area (Å²) in [6, 6.07) is 11.0. The van der Waals surface area contributed by atoms with Crippen molar-refractivity contribution in [2.24, 2.45) is 7.05 Å². The number of carbonyl (C=O) groups excluding carboxylic acids is 1. The third-order valence-electron chi connectivity index (χ3n) is 6.32. The van der Waals surface area contributed by atoms with Crippen LogP contribution in [0.3, 0.4) is 0 Å². The molecule has 7 nitrogen and oxygen atoms in total. The molecule has 0 unspecified atom stereocenters. The second-order valence-electron chi connectivity index (χ2n) is 8.51. The predicted molar refractivity (Wildman–Crippen MR) is 131 cm³/mol. The van der Waals surface area contributed by atoms with Crippen molar-refractivity contribution in [3.05, 3.63) is 76.1 Å². The van der Waals surface area contributed by atoms with Crippen LogP contribution in [0.1, 0.15) is 17.3 Å². The molecule has 0 bridgehead atoms. The molecular weight excluding hydrogens is 454 g/mol. The number of hydrogen-bond donors (Lipinski definition) is 0. The minimum absolute atomic E-state index is 0.0842. The Morgan fingerprint density at radius 1 is 1.03 bits per heavy atom. The lowest BCUT2D eigenvalue weighted by Crippen LogP contribution is -2.46. The highest BCUT2D eigenvalue weighted by molar-refractivity contribution is 5.97. The highest BCUT2D eigenvalue weighted by Gasteiger charge is 2.22. The second-order valence-corrected chi connectivity index (χ2v) is 8.51. The fourth-order valence-corrected chi connectivity index (χ4v) is 4.52. The molecule has 1 fully saturated rings. The lowest BCUT2D eigenvalue weighted by Gasteiger charge is -2.37. The predicted octanol–water partition coefficient (Wildman–Crippen LogP) is 3.87. The molecule has 1 saturated heterocycles. The number of ether oxygens (including phenoxy) is 1. The molecule has 0 atom stereocenters. The lowest BCUT2D eigenvalue weighted by atomic mass is 10.1. The van der Waals surface area contributed by atoms with Crippen LogP contribution < -0.4 is 15.2 Å². The molecule has 35 heavy (non-hydrogen) atoms. The Labute approximate surface area is 200 Å². The largest absolute Gasteiger partial charge is 0.462 e. The van der Waals surface area contributed by atoms with Gasteiger partial charge in [0, 0.05) is 50.5 Å². The highest BCUT2D eigenvalue weighted by Crippen LogP contribution is 2.28. The van der Waals surface area contributed by atoms with Crippen LogP contribution in [0.2, 0.25) is 0 Å². The normalized spacial score (nSPS) is 14.1. The van der Waals surface area contributed by atoms with Crippen LogP contribution in [0.5, 0.6) is 0 Å². The van der Waals surface area contributed by atoms with Crippen molar-refractivity contribution < 1.29 is 18.3 Å². The van der Waals surface area contributed by atoms with E-state index in [-0.39, 0.29) is 23.4 Å². The molecule has 2 aromatic carbocycles. The van der Waals surface area contributed by atoms with E-state index in [1.807, 2.05) is 4.90 Å². The highest BCUT2D eigenvalue weighted by atomic mass is 19.1. The van der Waals surface area contributed by atoms with Crippen LogP contribution >= 0.6 is 0 Å². The van der Waals surface area contributed by atoms with E-state index in [0.717, 1.165) is 5.69 Å². The molecule has 0 spiro atoms. The third-order valence-corrected chi connectivity index (χ3v) is 6.32. The van der Waals surface area contributed by atoms with Crippen LogP contribution in [-0.4, -0.2) is 48.3 Å². The van der Waals surface area contributed by atoms with Gasteiger partial charge in [0.15, 0.2) is 0 Å². The van der Waals surface area contributed by atoms with E-state index in [4.69, 9.17) is 4.74 Å². The third kappa shape index (κ3) is 4.18. The second kappa shape index (κ2) is 8.98. The molecule has 1 aliphatic heterocycles. The summed E-state index contributed by atoms with van der Waals surface area (Å²) >= 11 is 0. The molecule has 0 aliphatic carbocycles. The van der Waals surface area contributed by atoms with E-state index in [2.05, 4.69) is 9.88 Å². The van der Waals surface area contributed by atoms with E-state index < -0.39 is 17.2 Å². The maximum absolute atomic E-state index is 15.2. The van der Waals surface area contributed by atoms with Crippen molar-refractivity contribution in [3.63, 3.8) is 0 Å². The number of pyridine rings is 2. The average Bonchev–Trinajstić information content (AvgIpc) is 2.86. The molecule has 4 aromatic rings. The quantitative estimate of drug-likeness (QED) is 0.328. The fourth-order valence-electron chi connectivity index (χ4n) is 4.52. The van der Waals surface area contributed by atoms with Crippen LogP contribution in [0.25, 0.3) is 21.9 Å². The Kier molecular flexibility index (Phi) is 5.84. The average molecular weight is 478 g/mol. The first-order valence-electron chi connectivity index (χ1n) is 11.4. The lowest BCUT2D eigenvalue weighted by molar-refractivity contribution is 0.0524. The standard InChI is InChI=1S/C26H24F2N4O3/c1-3-35-26(34)20-15-30(2)25-19(24(20)33)12-16-13-21(28)23(14-22(16)29-25)32-10-8-31(9-11-32)18-6-4-17(27)5-7-18/h4-7,12-15H,3,8-11H2,1-2H3. The van der Waals surface area contributed by atoms with Gasteiger partial charge in [0.05, 0.1) is 23.2 Å². The smallest absolute Gasteiger partial charge is 0.343 e. The number of piperazine rings is 1. The Hall–Kier alpha value is -4.01. The first kappa shape index (κ1) is 22.8. The topological polar surface area (TPSA) is 67.7 Å². The summed E-state index contributed by atoms with van der Waals surface area (Å²) in [7, 11) is 1.70. The molecule has 1 aliphatic rings. The van der Waals surface area contributed by atoms with Crippen molar-refractivity contribution in [2.45, 2.75) is 6.92 Å². The fraction of sp³-hybridized carbons (Fsp3) is 0.269. The molecule has 0 amide bonds. The van der Waals surface area contributed by atoms with Gasteiger partial charge in [-0.3, -0.25) is 4.79 Å². The van der Waals surface area contributed by atoms with Crippen molar-refractivity contribution in [1.82, 2.24) is 9.55 Å². The molecule has 0 radical (unpaired) electrons. The molecule has 3 heterocycles. The van der Waals surface area contributed by atoms with E-state index in [1.165, 1.54) is 24.4 Å². The summed E-state index contributed by atoms with van der Waals surface area (Å²) < 4.78 is 35.0. The monoisotopic (exact) mass is 478 g/mol. The van der Waals surface area contributed by atoms with Gasteiger partial charge in [0.2, 0.25) is 5.43 Å². The zero-order valence-electron chi connectivity index (χ0n) is 19.4. The van der Waals surface area contributed by atoms with Crippen LogP contribution in [0.15, 0.2) is 53.5 Å². The van der Waals surface area contributed by atoms with Crippen LogP contribution in [-0.2, 0) is 11.8 Å². The summed E-state index contributed by atoms with van der Waals surface area (Å²) in [5.74, 6) is -1.39. The van der Waals surface area contributed by atoms with Crippen molar-refractivity contribution in [1.29, 1.82) is 0 Å². The number of hydrogen-bond acceptors (Lipinski definition) is 6. The summed E-state index contributed by atoms with van der Waals surface area (Å²) in [6.07, 6.45) is 1.42. The van der Waals surface area contributed by atoms with Gasteiger partial charge in [-0.1, -0.05) is 0 Å². The number of aromatic nitrogens is 2. The first-order valence-corrected chi connectivity index (χ1v) is 11.4. The summed E-state index contributed by atoms with van der Waals surface area (Å²) in [5, 5.41) is 0.701. The number of anilines is 2. The van der Waals surface area contributed by atoms with E-state index >= 15 is 4.39 Å². The van der Waals surface area contributed by atoms with E-state index in [1.54, 1.807) is 42.8 Å². The van der Waals surface area contributed by atoms with Gasteiger partial charge in [0.25, 0.3) is 0 Å². The Morgan fingerprint density at radius 3 is 2.40 bits per heavy atom. The number of carbonyl (C=O) groups is 1. The van der Waals surface area contributed by atoms with Crippen molar-refractivity contribution >= 4 is 39.3 Å². The molecule has 9 heteroatoms. The Morgan fingerprint density at radius 2 is 1.71 bits per heavy atom. The molecular formula is C26H24F2N4O3. The number of aryl methyl sites for hydroxylation is 1. The number of halogens is 2. The van der Waals surface area contributed by atoms with E-state index in [9.17, 15) is 14.0 Å². The first-order chi connectivity index (χ1) is 16.9. The SMILES string of the molecule is CCOC(=O)c1cn(C)c2nc3cc(N4CCN(c5ccc(F)cc5)CC4)c(F)cc3cc2c1=O. The number of benzene rings is 2. The van der Waals surface area contributed by atoms with Gasteiger partial charge in [-0.15, -0.1) is 0 Å². The van der Waals surface area contributed by atoms with Crippen molar-refractivity contribution in [3.8, 4) is 0 Å². The number of nitrogens with zero attached hydrogens (tertiary/aromatic N) is 4. The maximum atomic E-state index is 15.2. The van der Waals surface area contributed by atoms with Crippen molar-refractivity contribution in [2.75, 3.05) is 42.6 Å². The summed E-state index contributed by atoms with van der Waals surface area (Å²) in [5.41, 5.74) is 1.74. The zero-order valence-corrected chi connectivity index (χ0v) is 19.4. The number of esters is 1. The molecule has 180 valence electrons. The zero-order chi connectivity index (χ0) is 24.7. The Balaban J connectivity index is 1.47.